The monoisotopic (exact) mass is 362 g/mol. The Morgan fingerprint density at radius 1 is 1.40 bits per heavy atom. The molecule has 0 saturated carbocycles. The molecule has 25 heavy (non-hydrogen) atoms. The van der Waals surface area contributed by atoms with Crippen molar-refractivity contribution >= 4 is 23.3 Å². The molecule has 1 N–H and O–H groups in total. The lowest BCUT2D eigenvalue weighted by Crippen LogP contribution is -2.41. The van der Waals surface area contributed by atoms with Crippen LogP contribution in [0.2, 0.25) is 5.02 Å². The van der Waals surface area contributed by atoms with Crippen LogP contribution in [-0.2, 0) is 11.2 Å². The lowest BCUT2D eigenvalue weighted by Gasteiger charge is -2.36. The molecule has 1 aliphatic heterocycles. The fourth-order valence-electron chi connectivity index (χ4n) is 2.72. The first-order valence-corrected chi connectivity index (χ1v) is 8.15. The van der Waals surface area contributed by atoms with Crippen molar-refractivity contribution in [3.8, 4) is 5.75 Å². The van der Waals surface area contributed by atoms with E-state index < -0.39 is 11.6 Å². The maximum Gasteiger partial charge on any atom is 0.338 e. The predicted molar refractivity (Wildman–Crippen MR) is 93.2 cm³/mol. The van der Waals surface area contributed by atoms with Crippen molar-refractivity contribution in [3.05, 3.63) is 63.8 Å². The van der Waals surface area contributed by atoms with Crippen LogP contribution in [-0.4, -0.2) is 23.4 Å². The van der Waals surface area contributed by atoms with E-state index in [1.54, 1.807) is 24.3 Å². The molecular formula is C18H17ClNO5-. The largest absolute Gasteiger partial charge is 0.733 e. The molecule has 0 aliphatic carbocycles. The maximum atomic E-state index is 12.1. The van der Waals surface area contributed by atoms with Crippen LogP contribution in [0.5, 0.6) is 5.75 Å². The van der Waals surface area contributed by atoms with Crippen molar-refractivity contribution in [3.63, 3.8) is 0 Å². The topological polar surface area (TPSA) is 82.1 Å². The van der Waals surface area contributed by atoms with Crippen LogP contribution in [0.25, 0.3) is 0 Å². The van der Waals surface area contributed by atoms with Crippen LogP contribution in [0.3, 0.4) is 0 Å². The molecule has 0 aromatic heterocycles. The van der Waals surface area contributed by atoms with E-state index in [-0.39, 0.29) is 22.5 Å². The number of benzene rings is 2. The van der Waals surface area contributed by atoms with Gasteiger partial charge in [0.1, 0.15) is 18.0 Å². The highest BCUT2D eigenvalue weighted by atomic mass is 35.5. The van der Waals surface area contributed by atoms with Crippen LogP contribution in [0.15, 0.2) is 42.5 Å². The first-order chi connectivity index (χ1) is 11.9. The van der Waals surface area contributed by atoms with Crippen LogP contribution in [0, 0.1) is 5.21 Å². The summed E-state index contributed by atoms with van der Waals surface area (Å²) in [5.41, 5.74) is 0.524. The van der Waals surface area contributed by atoms with Gasteiger partial charge in [-0.3, -0.25) is 5.21 Å². The molecule has 132 valence electrons. The molecular weight excluding hydrogens is 346 g/mol. The number of nitrogens with zero attached hydrogens (tertiary/aromatic N) is 1. The van der Waals surface area contributed by atoms with Gasteiger partial charge in [-0.1, -0.05) is 29.8 Å². The van der Waals surface area contributed by atoms with Gasteiger partial charge in [0.25, 0.3) is 0 Å². The fourth-order valence-corrected chi connectivity index (χ4v) is 2.94. The molecule has 1 heterocycles. The Labute approximate surface area is 150 Å². The Hall–Kier alpha value is -2.28. The van der Waals surface area contributed by atoms with E-state index in [1.807, 2.05) is 13.0 Å². The number of ether oxygens (including phenoxy) is 2. The summed E-state index contributed by atoms with van der Waals surface area (Å²) in [6, 6.07) is 11.7. The van der Waals surface area contributed by atoms with Gasteiger partial charge in [0, 0.05) is 6.07 Å². The number of fused-ring (bicyclic) bond motifs is 1. The zero-order valence-electron chi connectivity index (χ0n) is 13.6. The molecule has 2 aromatic carbocycles. The molecule has 1 unspecified atom stereocenters. The molecule has 7 heteroatoms. The van der Waals surface area contributed by atoms with Gasteiger partial charge in [0.15, 0.2) is 0 Å². The minimum Gasteiger partial charge on any atom is -0.733 e. The number of aryl methyl sites for hydroxylation is 1. The quantitative estimate of drug-likeness (QED) is 0.654. The van der Waals surface area contributed by atoms with Crippen LogP contribution in [0.4, 0.5) is 5.69 Å². The van der Waals surface area contributed by atoms with Crippen LogP contribution >= 0.6 is 11.6 Å². The highest BCUT2D eigenvalue weighted by Crippen LogP contribution is 2.39. The van der Waals surface area contributed by atoms with Crippen molar-refractivity contribution in [2.45, 2.75) is 25.4 Å². The molecule has 0 saturated heterocycles. The molecule has 0 fully saturated rings. The second-order valence-corrected chi connectivity index (χ2v) is 6.59. The van der Waals surface area contributed by atoms with Gasteiger partial charge in [-0.25, -0.2) is 4.79 Å². The lowest BCUT2D eigenvalue weighted by molar-refractivity contribution is -0.0159. The van der Waals surface area contributed by atoms with E-state index in [0.717, 1.165) is 5.56 Å². The van der Waals surface area contributed by atoms with Gasteiger partial charge in [0.2, 0.25) is 0 Å². The molecule has 1 atom stereocenters. The van der Waals surface area contributed by atoms with Crippen molar-refractivity contribution in [2.75, 3.05) is 11.8 Å². The highest BCUT2D eigenvalue weighted by molar-refractivity contribution is 6.33. The zero-order valence-corrected chi connectivity index (χ0v) is 14.3. The lowest BCUT2D eigenvalue weighted by atomic mass is 9.93. The minimum atomic E-state index is -0.696. The second-order valence-electron chi connectivity index (χ2n) is 6.18. The van der Waals surface area contributed by atoms with E-state index in [2.05, 4.69) is 0 Å². The Bertz CT molecular complexity index is 781. The van der Waals surface area contributed by atoms with Gasteiger partial charge in [0.05, 0.1) is 16.3 Å². The minimum absolute atomic E-state index is 0.0249. The maximum absolute atomic E-state index is 12.1. The summed E-state index contributed by atoms with van der Waals surface area (Å²) < 4.78 is 11.3. The SMILES string of the molecule is CC1(COC(=O)c2ccccc2)CCc2cc(N([O-])O)c(Cl)cc2O1. The standard InChI is InChI=1S/C18H17ClNO5/c1-18(11-24-17(21)12-5-3-2-4-6-12)8-7-13-9-15(20(22)23)14(19)10-16(13)25-18/h2-6,9-10,22H,7-8,11H2,1H3/q-1. The first kappa shape index (κ1) is 17.5. The third-order valence-corrected chi connectivity index (χ3v) is 4.44. The van der Waals surface area contributed by atoms with Gasteiger partial charge in [-0.2, -0.15) is 0 Å². The predicted octanol–water partition coefficient (Wildman–Crippen LogP) is 3.97. The number of carbonyl (C=O) groups excluding carboxylic acids is 1. The Morgan fingerprint density at radius 2 is 2.12 bits per heavy atom. The summed E-state index contributed by atoms with van der Waals surface area (Å²) in [5, 5.41) is 20.0. The molecule has 0 spiro atoms. The number of esters is 1. The molecule has 0 bridgehead atoms. The third-order valence-electron chi connectivity index (χ3n) is 4.13. The van der Waals surface area contributed by atoms with Gasteiger partial charge in [-0.05, 0) is 43.5 Å². The normalized spacial score (nSPS) is 18.9. The molecule has 0 radical (unpaired) electrons. The Balaban J connectivity index is 1.70. The number of hydrogen-bond donors (Lipinski definition) is 1. The first-order valence-electron chi connectivity index (χ1n) is 7.78. The molecule has 0 amide bonds. The second kappa shape index (κ2) is 6.92. The van der Waals surface area contributed by atoms with Crippen molar-refractivity contribution in [2.24, 2.45) is 0 Å². The number of hydrogen-bond acceptors (Lipinski definition) is 6. The number of anilines is 1. The molecule has 3 rings (SSSR count). The zero-order chi connectivity index (χ0) is 18.0. The van der Waals surface area contributed by atoms with Gasteiger partial charge < -0.3 is 19.9 Å². The van der Waals surface area contributed by atoms with E-state index in [0.29, 0.717) is 24.2 Å². The van der Waals surface area contributed by atoms with Crippen molar-refractivity contribution in [1.29, 1.82) is 0 Å². The smallest absolute Gasteiger partial charge is 0.338 e. The van der Waals surface area contributed by atoms with Crippen LogP contribution < -0.4 is 9.96 Å². The Kier molecular flexibility index (Phi) is 4.85. The van der Waals surface area contributed by atoms with E-state index in [4.69, 9.17) is 26.3 Å². The summed E-state index contributed by atoms with van der Waals surface area (Å²) in [5.74, 6) is 0.104. The summed E-state index contributed by atoms with van der Waals surface area (Å²) in [7, 11) is 0. The van der Waals surface area contributed by atoms with E-state index in [9.17, 15) is 10.0 Å². The fraction of sp³-hybridized carbons (Fsp3) is 0.278. The Morgan fingerprint density at radius 3 is 2.80 bits per heavy atom. The van der Waals surface area contributed by atoms with Crippen LogP contribution in [0.1, 0.15) is 29.3 Å². The van der Waals surface area contributed by atoms with E-state index in [1.165, 1.54) is 12.1 Å². The van der Waals surface area contributed by atoms with E-state index >= 15 is 0 Å². The van der Waals surface area contributed by atoms with Gasteiger partial charge >= 0.3 is 5.97 Å². The number of rotatable bonds is 4. The molecule has 2 aromatic rings. The molecule has 6 nitrogen and oxygen atoms in total. The van der Waals surface area contributed by atoms with Crippen molar-refractivity contribution in [1.82, 2.24) is 0 Å². The average Bonchev–Trinajstić information content (AvgIpc) is 2.59. The third kappa shape index (κ3) is 3.87. The summed E-state index contributed by atoms with van der Waals surface area (Å²) in [4.78, 5) is 12.1. The molecule has 1 aliphatic rings. The number of carbonyl (C=O) groups is 1. The van der Waals surface area contributed by atoms with Crippen molar-refractivity contribution < 1.29 is 19.5 Å². The summed E-state index contributed by atoms with van der Waals surface area (Å²) in [6.45, 7) is 1.94. The number of halogens is 1. The average molecular weight is 363 g/mol. The summed E-state index contributed by atoms with van der Waals surface area (Å²) >= 11 is 5.99. The summed E-state index contributed by atoms with van der Waals surface area (Å²) in [6.07, 6.45) is 1.19. The highest BCUT2D eigenvalue weighted by Gasteiger charge is 2.34. The van der Waals surface area contributed by atoms with Gasteiger partial charge in [-0.15, -0.1) is 0 Å².